The number of hydrogen-bond donors (Lipinski definition) is 1. The maximum absolute atomic E-state index is 12.0. The molecule has 0 radical (unpaired) electrons. The molecule has 13 heavy (non-hydrogen) atoms. The highest BCUT2D eigenvalue weighted by atomic mass is 19.3. The minimum absolute atomic E-state index is 0.381. The highest BCUT2D eigenvalue weighted by Crippen LogP contribution is 2.01. The van der Waals surface area contributed by atoms with Crippen LogP contribution in [0, 0.1) is 0 Å². The number of nitrogens with one attached hydrogen (secondary N) is 1. The fourth-order valence-electron chi connectivity index (χ4n) is 0.912. The highest BCUT2D eigenvalue weighted by molar-refractivity contribution is 4.98. The van der Waals surface area contributed by atoms with E-state index < -0.39 is 12.5 Å². The standard InChI is InChI=1S/C8H13F2N3/c1-6(8(9)10)11-5-7-3-4-13(2)12-7/h3-4,6,8,11H,5H2,1-2H3. The molecule has 5 heteroatoms. The van der Waals surface area contributed by atoms with E-state index in [1.807, 2.05) is 0 Å². The molecule has 0 saturated heterocycles. The minimum atomic E-state index is -2.33. The van der Waals surface area contributed by atoms with Gasteiger partial charge in [-0.25, -0.2) is 8.78 Å². The summed E-state index contributed by atoms with van der Waals surface area (Å²) in [6.07, 6.45) is -0.548. The zero-order chi connectivity index (χ0) is 9.84. The third kappa shape index (κ3) is 3.10. The lowest BCUT2D eigenvalue weighted by atomic mass is 10.3. The van der Waals surface area contributed by atoms with Crippen LogP contribution in [0.1, 0.15) is 12.6 Å². The van der Waals surface area contributed by atoms with Crippen LogP contribution in [0.25, 0.3) is 0 Å². The summed E-state index contributed by atoms with van der Waals surface area (Å²) in [5.74, 6) is 0. The van der Waals surface area contributed by atoms with Crippen molar-refractivity contribution in [1.82, 2.24) is 15.1 Å². The molecule has 1 aromatic heterocycles. The predicted molar refractivity (Wildman–Crippen MR) is 45.5 cm³/mol. The lowest BCUT2D eigenvalue weighted by Crippen LogP contribution is -2.32. The van der Waals surface area contributed by atoms with Crippen molar-refractivity contribution >= 4 is 0 Å². The second-order valence-corrected chi connectivity index (χ2v) is 2.98. The van der Waals surface area contributed by atoms with E-state index in [2.05, 4.69) is 10.4 Å². The number of hydrogen-bond acceptors (Lipinski definition) is 2. The molecule has 0 spiro atoms. The third-order valence-corrected chi connectivity index (χ3v) is 1.75. The van der Waals surface area contributed by atoms with Crippen LogP contribution < -0.4 is 5.32 Å². The smallest absolute Gasteiger partial charge is 0.253 e. The summed E-state index contributed by atoms with van der Waals surface area (Å²) in [6.45, 7) is 1.83. The molecule has 1 atom stereocenters. The van der Waals surface area contributed by atoms with Crippen LogP contribution in [0.4, 0.5) is 8.78 Å². The Morgan fingerprint density at radius 2 is 2.31 bits per heavy atom. The third-order valence-electron chi connectivity index (χ3n) is 1.75. The van der Waals surface area contributed by atoms with Crippen molar-refractivity contribution in [2.24, 2.45) is 7.05 Å². The molecule has 0 saturated carbocycles. The molecule has 1 aromatic rings. The van der Waals surface area contributed by atoms with Crippen LogP contribution in [0.2, 0.25) is 0 Å². The van der Waals surface area contributed by atoms with Gasteiger partial charge >= 0.3 is 0 Å². The Kier molecular flexibility index (Phi) is 3.36. The van der Waals surface area contributed by atoms with Crippen LogP contribution in [0.15, 0.2) is 12.3 Å². The van der Waals surface area contributed by atoms with Gasteiger partial charge in [-0.15, -0.1) is 0 Å². The van der Waals surface area contributed by atoms with Crippen molar-refractivity contribution < 1.29 is 8.78 Å². The van der Waals surface area contributed by atoms with Crippen LogP contribution in [0.5, 0.6) is 0 Å². The van der Waals surface area contributed by atoms with Crippen molar-refractivity contribution in [1.29, 1.82) is 0 Å². The first-order chi connectivity index (χ1) is 6.09. The first kappa shape index (κ1) is 10.1. The minimum Gasteiger partial charge on any atom is -0.303 e. The average molecular weight is 189 g/mol. The fraction of sp³-hybridized carbons (Fsp3) is 0.625. The monoisotopic (exact) mass is 189 g/mol. The molecule has 1 heterocycles. The van der Waals surface area contributed by atoms with Crippen molar-refractivity contribution in [2.75, 3.05) is 0 Å². The van der Waals surface area contributed by atoms with E-state index in [4.69, 9.17) is 0 Å². The molecule has 0 fully saturated rings. The van der Waals surface area contributed by atoms with E-state index in [0.717, 1.165) is 5.69 Å². The van der Waals surface area contributed by atoms with Gasteiger partial charge in [-0.2, -0.15) is 5.10 Å². The first-order valence-corrected chi connectivity index (χ1v) is 4.09. The number of aryl methyl sites for hydroxylation is 1. The van der Waals surface area contributed by atoms with Crippen LogP contribution >= 0.6 is 0 Å². The van der Waals surface area contributed by atoms with Gasteiger partial charge in [0.25, 0.3) is 6.43 Å². The van der Waals surface area contributed by atoms with Gasteiger partial charge in [-0.3, -0.25) is 4.68 Å². The SMILES string of the molecule is CC(NCc1ccn(C)n1)C(F)F. The van der Waals surface area contributed by atoms with Crippen molar-refractivity contribution in [3.63, 3.8) is 0 Å². The average Bonchev–Trinajstić information content (AvgIpc) is 2.47. The summed E-state index contributed by atoms with van der Waals surface area (Å²) in [7, 11) is 1.79. The highest BCUT2D eigenvalue weighted by Gasteiger charge is 2.13. The van der Waals surface area contributed by atoms with Gasteiger partial charge in [0.15, 0.2) is 0 Å². The van der Waals surface area contributed by atoms with Gasteiger partial charge in [0, 0.05) is 19.8 Å². The lowest BCUT2D eigenvalue weighted by Gasteiger charge is -2.10. The Labute approximate surface area is 75.7 Å². The number of nitrogens with zero attached hydrogens (tertiary/aromatic N) is 2. The van der Waals surface area contributed by atoms with Gasteiger partial charge in [-0.1, -0.05) is 0 Å². The Balaban J connectivity index is 2.35. The molecule has 1 unspecified atom stereocenters. The number of rotatable bonds is 4. The predicted octanol–water partition coefficient (Wildman–Crippen LogP) is 1.16. The fourth-order valence-corrected chi connectivity index (χ4v) is 0.912. The normalized spacial score (nSPS) is 13.6. The second kappa shape index (κ2) is 4.32. The van der Waals surface area contributed by atoms with E-state index in [0.29, 0.717) is 6.54 Å². The maximum Gasteiger partial charge on any atom is 0.253 e. The Hall–Kier alpha value is -0.970. The molecule has 0 aliphatic carbocycles. The van der Waals surface area contributed by atoms with Crippen LogP contribution in [-0.4, -0.2) is 22.2 Å². The topological polar surface area (TPSA) is 29.9 Å². The molecule has 0 aliphatic rings. The molecule has 1 N–H and O–H groups in total. The number of alkyl halides is 2. The van der Waals surface area contributed by atoms with E-state index in [-0.39, 0.29) is 0 Å². The number of halogens is 2. The molecule has 1 rings (SSSR count). The first-order valence-electron chi connectivity index (χ1n) is 4.09. The van der Waals surface area contributed by atoms with E-state index in [1.54, 1.807) is 24.0 Å². The molecular weight excluding hydrogens is 176 g/mol. The van der Waals surface area contributed by atoms with E-state index in [1.165, 1.54) is 6.92 Å². The lowest BCUT2D eigenvalue weighted by molar-refractivity contribution is 0.105. The molecular formula is C8H13F2N3. The van der Waals surface area contributed by atoms with Crippen LogP contribution in [-0.2, 0) is 13.6 Å². The van der Waals surface area contributed by atoms with Crippen molar-refractivity contribution in [2.45, 2.75) is 25.9 Å². The van der Waals surface area contributed by atoms with Gasteiger partial charge < -0.3 is 5.32 Å². The maximum atomic E-state index is 12.0. The molecule has 74 valence electrons. The van der Waals surface area contributed by atoms with Gasteiger partial charge in [0.2, 0.25) is 0 Å². The summed E-state index contributed by atoms with van der Waals surface area (Å²) >= 11 is 0. The molecule has 0 aromatic carbocycles. The second-order valence-electron chi connectivity index (χ2n) is 2.98. The summed E-state index contributed by atoms with van der Waals surface area (Å²) in [6, 6.07) is 1.01. The molecule has 0 amide bonds. The Bertz CT molecular complexity index is 260. The largest absolute Gasteiger partial charge is 0.303 e. The van der Waals surface area contributed by atoms with Gasteiger partial charge in [0.1, 0.15) is 0 Å². The molecule has 0 aliphatic heterocycles. The summed E-state index contributed by atoms with van der Waals surface area (Å²) in [5.41, 5.74) is 0.773. The summed E-state index contributed by atoms with van der Waals surface area (Å²) < 4.78 is 25.7. The zero-order valence-corrected chi connectivity index (χ0v) is 7.67. The Morgan fingerprint density at radius 1 is 1.62 bits per heavy atom. The summed E-state index contributed by atoms with van der Waals surface area (Å²) in [5, 5.41) is 6.74. The van der Waals surface area contributed by atoms with E-state index >= 15 is 0 Å². The molecule has 0 bridgehead atoms. The van der Waals surface area contributed by atoms with Crippen LogP contribution in [0.3, 0.4) is 0 Å². The Morgan fingerprint density at radius 3 is 2.77 bits per heavy atom. The van der Waals surface area contributed by atoms with E-state index in [9.17, 15) is 8.78 Å². The number of aromatic nitrogens is 2. The van der Waals surface area contributed by atoms with Gasteiger partial charge in [0.05, 0.1) is 11.7 Å². The van der Waals surface area contributed by atoms with Crippen molar-refractivity contribution in [3.05, 3.63) is 18.0 Å². The quantitative estimate of drug-likeness (QED) is 0.770. The summed E-state index contributed by atoms with van der Waals surface area (Å²) in [4.78, 5) is 0. The van der Waals surface area contributed by atoms with Gasteiger partial charge in [-0.05, 0) is 13.0 Å². The zero-order valence-electron chi connectivity index (χ0n) is 7.67. The van der Waals surface area contributed by atoms with Crippen molar-refractivity contribution in [3.8, 4) is 0 Å². The molecule has 3 nitrogen and oxygen atoms in total.